The summed E-state index contributed by atoms with van der Waals surface area (Å²) in [4.78, 5) is 46.1. The summed E-state index contributed by atoms with van der Waals surface area (Å²) in [6.45, 7) is 7.09. The van der Waals surface area contributed by atoms with Gasteiger partial charge in [-0.05, 0) is 39.3 Å². The maximum absolute atomic E-state index is 12.4. The van der Waals surface area contributed by atoms with E-state index in [1.165, 1.54) is 62.7 Å². The molecule has 0 spiro atoms. The number of esters is 1. The fraction of sp³-hybridized carbons (Fsp3) is 0.677. The van der Waals surface area contributed by atoms with Crippen LogP contribution in [-0.2, 0) is 23.9 Å². The second-order valence-corrected chi connectivity index (χ2v) is 11.1. The van der Waals surface area contributed by atoms with E-state index in [4.69, 9.17) is 20.7 Å². The van der Waals surface area contributed by atoms with Crippen molar-refractivity contribution in [1.29, 1.82) is 0 Å². The van der Waals surface area contributed by atoms with Crippen molar-refractivity contribution in [2.24, 2.45) is 5.73 Å². The Morgan fingerprint density at radius 2 is 1.30 bits per heavy atom. The van der Waals surface area contributed by atoms with Crippen molar-refractivity contribution in [2.75, 3.05) is 11.4 Å². The summed E-state index contributed by atoms with van der Waals surface area (Å²) in [6, 6.07) is 7.88. The molecule has 0 aromatic heterocycles. The van der Waals surface area contributed by atoms with Gasteiger partial charge in [-0.3, -0.25) is 19.2 Å². The molecule has 1 amide bonds. The first kappa shape index (κ1) is 37.1. The number of carboxylic acids is 2. The third-order valence-electron chi connectivity index (χ3n) is 6.03. The Balaban J connectivity index is 0.000000983. The van der Waals surface area contributed by atoms with E-state index in [1.54, 1.807) is 32.9 Å². The summed E-state index contributed by atoms with van der Waals surface area (Å²) in [5.41, 5.74) is 5.19. The van der Waals surface area contributed by atoms with Gasteiger partial charge in [0.1, 0.15) is 18.2 Å². The summed E-state index contributed by atoms with van der Waals surface area (Å²) < 4.78 is 4.88. The maximum Gasteiger partial charge on any atom is 0.323 e. The number of amides is 1. The van der Waals surface area contributed by atoms with Gasteiger partial charge >= 0.3 is 17.9 Å². The molecule has 0 bridgehead atoms. The van der Waals surface area contributed by atoms with Crippen LogP contribution in [-0.4, -0.2) is 52.2 Å². The summed E-state index contributed by atoms with van der Waals surface area (Å²) in [6.07, 6.45) is 15.2. The van der Waals surface area contributed by atoms with Gasteiger partial charge in [-0.25, -0.2) is 0 Å². The standard InChI is InChI=1S/C23H37NO3.C8H15NO4/c1-2-3-4-5-6-7-8-9-10-11-12-16-19-22(25)24(20-23(26)27)21-17-14-13-15-18-21;1-8(2,3)13-6(10)4-5(9)7(11)12/h13-15,17-18H,2-12,16,19-20H2,1H3,(H,26,27);5H,4,9H2,1-3H3,(H,11,12)/t;5-/m.0/s1. The smallest absolute Gasteiger partial charge is 0.323 e. The number of anilines is 1. The molecule has 1 aromatic rings. The second kappa shape index (κ2) is 21.8. The highest BCUT2D eigenvalue weighted by molar-refractivity contribution is 5.97. The highest BCUT2D eigenvalue weighted by atomic mass is 16.6. The van der Waals surface area contributed by atoms with Crippen molar-refractivity contribution in [3.63, 3.8) is 0 Å². The Hall–Kier alpha value is -2.94. The predicted molar refractivity (Wildman–Crippen MR) is 158 cm³/mol. The summed E-state index contributed by atoms with van der Waals surface area (Å²) in [5, 5.41) is 17.5. The Morgan fingerprint density at radius 1 is 0.825 bits per heavy atom. The average molecular weight is 565 g/mol. The van der Waals surface area contributed by atoms with Crippen LogP contribution in [0.5, 0.6) is 0 Å². The van der Waals surface area contributed by atoms with Gasteiger partial charge in [-0.15, -0.1) is 0 Å². The lowest BCUT2D eigenvalue weighted by Crippen LogP contribution is -2.35. The Kier molecular flexibility index (Phi) is 20.2. The Morgan fingerprint density at radius 3 is 1.73 bits per heavy atom. The molecule has 1 atom stereocenters. The number of nitrogens with two attached hydrogens (primary N) is 1. The van der Waals surface area contributed by atoms with Gasteiger partial charge in [0, 0.05) is 12.1 Å². The number of hydrogen-bond acceptors (Lipinski definition) is 6. The number of aliphatic carboxylic acids is 2. The van der Waals surface area contributed by atoms with Gasteiger partial charge in [-0.1, -0.05) is 95.8 Å². The Bertz CT molecular complexity index is 853. The molecule has 0 saturated heterocycles. The van der Waals surface area contributed by atoms with E-state index in [9.17, 15) is 19.2 Å². The van der Waals surface area contributed by atoms with Crippen molar-refractivity contribution in [2.45, 2.75) is 129 Å². The number of benzene rings is 1. The van der Waals surface area contributed by atoms with E-state index in [2.05, 4.69) is 6.92 Å². The lowest BCUT2D eigenvalue weighted by molar-refractivity contribution is -0.157. The second-order valence-electron chi connectivity index (χ2n) is 11.1. The molecule has 40 heavy (non-hydrogen) atoms. The minimum atomic E-state index is -1.20. The number of carboxylic acid groups (broad SMARTS) is 2. The van der Waals surface area contributed by atoms with Crippen molar-refractivity contribution >= 4 is 29.5 Å². The average Bonchev–Trinajstić information content (AvgIpc) is 2.87. The fourth-order valence-corrected chi connectivity index (χ4v) is 3.97. The van der Waals surface area contributed by atoms with Crippen LogP contribution < -0.4 is 10.6 Å². The maximum atomic E-state index is 12.4. The molecule has 1 aromatic carbocycles. The summed E-state index contributed by atoms with van der Waals surface area (Å²) in [7, 11) is 0. The van der Waals surface area contributed by atoms with Crippen LogP contribution in [0.4, 0.5) is 5.69 Å². The fourth-order valence-electron chi connectivity index (χ4n) is 3.97. The zero-order chi connectivity index (χ0) is 30.4. The van der Waals surface area contributed by atoms with Crippen LogP contribution in [0.3, 0.4) is 0 Å². The number of carbonyl (C=O) groups is 4. The molecule has 0 saturated carbocycles. The van der Waals surface area contributed by atoms with E-state index in [0.29, 0.717) is 12.1 Å². The van der Waals surface area contributed by atoms with Crippen LogP contribution in [0.15, 0.2) is 30.3 Å². The van der Waals surface area contributed by atoms with E-state index in [0.717, 1.165) is 19.3 Å². The van der Waals surface area contributed by atoms with E-state index >= 15 is 0 Å². The van der Waals surface area contributed by atoms with Gasteiger partial charge in [0.25, 0.3) is 0 Å². The first-order valence-electron chi connectivity index (χ1n) is 14.6. The van der Waals surface area contributed by atoms with Crippen LogP contribution >= 0.6 is 0 Å². The molecule has 0 unspecified atom stereocenters. The zero-order valence-corrected chi connectivity index (χ0v) is 25.0. The third-order valence-corrected chi connectivity index (χ3v) is 6.03. The summed E-state index contributed by atoms with van der Waals surface area (Å²) in [5.74, 6) is -2.88. The van der Waals surface area contributed by atoms with Gasteiger partial charge in [0.2, 0.25) is 5.91 Å². The van der Waals surface area contributed by atoms with Crippen LogP contribution in [0.1, 0.15) is 118 Å². The van der Waals surface area contributed by atoms with Crippen LogP contribution in [0, 0.1) is 0 Å². The lowest BCUT2D eigenvalue weighted by atomic mass is 10.0. The first-order valence-corrected chi connectivity index (χ1v) is 14.6. The Labute approximate surface area is 240 Å². The minimum absolute atomic E-state index is 0.101. The van der Waals surface area contributed by atoms with Crippen LogP contribution in [0.2, 0.25) is 0 Å². The number of hydrogen-bond donors (Lipinski definition) is 3. The highest BCUT2D eigenvalue weighted by Gasteiger charge is 2.22. The molecule has 1 rings (SSSR count). The molecule has 228 valence electrons. The molecule has 4 N–H and O–H groups in total. The number of rotatable bonds is 19. The molecule has 0 fully saturated rings. The van der Waals surface area contributed by atoms with E-state index in [1.807, 2.05) is 18.2 Å². The molecular formula is C31H52N2O7. The molecule has 0 aliphatic rings. The first-order chi connectivity index (χ1) is 18.9. The predicted octanol–water partition coefficient (Wildman–Crippen LogP) is 6.33. The van der Waals surface area contributed by atoms with Crippen LogP contribution in [0.25, 0.3) is 0 Å². The minimum Gasteiger partial charge on any atom is -0.480 e. The number of carbonyl (C=O) groups excluding carboxylic acids is 2. The summed E-state index contributed by atoms with van der Waals surface area (Å²) >= 11 is 0. The normalized spacial score (nSPS) is 11.6. The van der Waals surface area contributed by atoms with Crippen molar-refractivity contribution < 1.29 is 34.1 Å². The molecule has 9 heteroatoms. The molecule has 9 nitrogen and oxygen atoms in total. The number of para-hydroxylation sites is 1. The van der Waals surface area contributed by atoms with Gasteiger partial charge in [0.15, 0.2) is 0 Å². The van der Waals surface area contributed by atoms with Gasteiger partial charge < -0.3 is 25.6 Å². The molecule has 0 radical (unpaired) electrons. The molecule has 0 aliphatic carbocycles. The van der Waals surface area contributed by atoms with Crippen molar-refractivity contribution in [1.82, 2.24) is 0 Å². The topological polar surface area (TPSA) is 147 Å². The SMILES string of the molecule is CC(C)(C)OC(=O)C[C@H](N)C(=O)O.CCCCCCCCCCCCCCC(=O)N(CC(=O)O)c1ccccc1. The largest absolute Gasteiger partial charge is 0.480 e. The van der Waals surface area contributed by atoms with Crippen molar-refractivity contribution in [3.8, 4) is 0 Å². The quantitative estimate of drug-likeness (QED) is 0.130. The number of nitrogens with zero attached hydrogens (tertiary/aromatic N) is 1. The lowest BCUT2D eigenvalue weighted by Gasteiger charge is -2.20. The van der Waals surface area contributed by atoms with E-state index < -0.39 is 29.6 Å². The van der Waals surface area contributed by atoms with Gasteiger partial charge in [0.05, 0.1) is 6.42 Å². The number of ether oxygens (including phenoxy) is 1. The molecular weight excluding hydrogens is 512 g/mol. The number of unbranched alkanes of at least 4 members (excludes halogenated alkanes) is 11. The van der Waals surface area contributed by atoms with Gasteiger partial charge in [-0.2, -0.15) is 0 Å². The van der Waals surface area contributed by atoms with Crippen molar-refractivity contribution in [3.05, 3.63) is 30.3 Å². The van der Waals surface area contributed by atoms with E-state index in [-0.39, 0.29) is 18.9 Å². The molecule has 0 aliphatic heterocycles. The third kappa shape index (κ3) is 21.0. The zero-order valence-electron chi connectivity index (χ0n) is 25.0. The highest BCUT2D eigenvalue weighted by Crippen LogP contribution is 2.17. The molecule has 0 heterocycles. The monoisotopic (exact) mass is 564 g/mol.